The van der Waals surface area contributed by atoms with E-state index in [0.29, 0.717) is 12.5 Å². The molecule has 4 heteroatoms. The molecule has 0 radical (unpaired) electrons. The Kier molecular flexibility index (Phi) is 4.88. The number of aliphatic imine (C=N–C) groups is 1. The van der Waals surface area contributed by atoms with Crippen LogP contribution >= 0.6 is 0 Å². The first kappa shape index (κ1) is 12.3. The van der Waals surface area contributed by atoms with Crippen LogP contribution in [0.3, 0.4) is 0 Å². The number of β-amino-alcohol motifs (C(OH)–C–C–N with tert-alkyl or cyclic N) is 1. The summed E-state index contributed by atoms with van der Waals surface area (Å²) in [5.74, 6) is 1.52. The topological polar surface area (TPSA) is 47.9 Å². The zero-order chi connectivity index (χ0) is 11.3. The molecule has 15 heavy (non-hydrogen) atoms. The van der Waals surface area contributed by atoms with Crippen molar-refractivity contribution in [2.45, 2.75) is 33.3 Å². The summed E-state index contributed by atoms with van der Waals surface area (Å²) in [7, 11) is 0. The number of nitrogens with zero attached hydrogens (tertiary/aromatic N) is 2. The van der Waals surface area contributed by atoms with Gasteiger partial charge in [-0.3, -0.25) is 4.99 Å². The Morgan fingerprint density at radius 1 is 1.60 bits per heavy atom. The van der Waals surface area contributed by atoms with Crippen LogP contribution in [0.4, 0.5) is 0 Å². The predicted molar refractivity (Wildman–Crippen MR) is 63.0 cm³/mol. The van der Waals surface area contributed by atoms with Crippen LogP contribution in [0.2, 0.25) is 0 Å². The minimum Gasteiger partial charge on any atom is -0.391 e. The summed E-state index contributed by atoms with van der Waals surface area (Å²) in [6, 6.07) is 0. The fraction of sp³-hybridized carbons (Fsp3) is 0.909. The molecule has 0 unspecified atom stereocenters. The van der Waals surface area contributed by atoms with Crippen molar-refractivity contribution in [3.63, 3.8) is 0 Å². The van der Waals surface area contributed by atoms with E-state index in [1.807, 2.05) is 0 Å². The van der Waals surface area contributed by atoms with Crippen LogP contribution in [0.5, 0.6) is 0 Å². The van der Waals surface area contributed by atoms with Gasteiger partial charge in [0.15, 0.2) is 5.96 Å². The van der Waals surface area contributed by atoms with Gasteiger partial charge in [-0.25, -0.2) is 0 Å². The van der Waals surface area contributed by atoms with Crippen molar-refractivity contribution in [1.29, 1.82) is 0 Å². The summed E-state index contributed by atoms with van der Waals surface area (Å²) in [6.07, 6.45) is 0.666. The van der Waals surface area contributed by atoms with Gasteiger partial charge >= 0.3 is 0 Å². The number of rotatable bonds is 3. The molecule has 0 aromatic heterocycles. The van der Waals surface area contributed by atoms with Crippen LogP contribution in [0, 0.1) is 5.92 Å². The first-order chi connectivity index (χ1) is 7.13. The first-order valence-corrected chi connectivity index (χ1v) is 5.84. The van der Waals surface area contributed by atoms with Gasteiger partial charge in [-0.2, -0.15) is 0 Å². The Morgan fingerprint density at radius 3 is 2.80 bits per heavy atom. The predicted octanol–water partition coefficient (Wildman–Crippen LogP) is 0.674. The largest absolute Gasteiger partial charge is 0.391 e. The molecule has 2 N–H and O–H groups in total. The second kappa shape index (κ2) is 5.95. The third kappa shape index (κ3) is 4.08. The molecule has 4 nitrogen and oxygen atoms in total. The molecule has 1 rings (SSSR count). The van der Waals surface area contributed by atoms with Crippen molar-refractivity contribution < 1.29 is 5.11 Å². The highest BCUT2D eigenvalue weighted by Crippen LogP contribution is 2.09. The Bertz CT molecular complexity index is 216. The van der Waals surface area contributed by atoms with Gasteiger partial charge in [0.25, 0.3) is 0 Å². The third-order valence-corrected chi connectivity index (χ3v) is 2.40. The van der Waals surface area contributed by atoms with Crippen LogP contribution in [0.1, 0.15) is 27.2 Å². The van der Waals surface area contributed by atoms with E-state index in [0.717, 1.165) is 32.0 Å². The molecular formula is C11H23N3O. The monoisotopic (exact) mass is 213 g/mol. The van der Waals surface area contributed by atoms with Crippen molar-refractivity contribution in [2.75, 3.05) is 26.2 Å². The second-order valence-corrected chi connectivity index (χ2v) is 4.48. The van der Waals surface area contributed by atoms with E-state index in [4.69, 9.17) is 0 Å². The molecule has 0 aliphatic carbocycles. The molecule has 88 valence electrons. The first-order valence-electron chi connectivity index (χ1n) is 5.84. The quantitative estimate of drug-likeness (QED) is 0.535. The smallest absolute Gasteiger partial charge is 0.194 e. The van der Waals surface area contributed by atoms with Crippen molar-refractivity contribution in [3.05, 3.63) is 0 Å². The number of hydrogen-bond donors (Lipinski definition) is 2. The summed E-state index contributed by atoms with van der Waals surface area (Å²) < 4.78 is 0. The molecule has 0 spiro atoms. The molecule has 1 fully saturated rings. The van der Waals surface area contributed by atoms with E-state index >= 15 is 0 Å². The van der Waals surface area contributed by atoms with E-state index in [-0.39, 0.29) is 6.10 Å². The van der Waals surface area contributed by atoms with E-state index < -0.39 is 0 Å². The molecule has 0 amide bonds. The van der Waals surface area contributed by atoms with Crippen molar-refractivity contribution in [2.24, 2.45) is 10.9 Å². The number of likely N-dealkylation sites (tertiary alicyclic amines) is 1. The van der Waals surface area contributed by atoms with Gasteiger partial charge in [-0.05, 0) is 19.3 Å². The number of nitrogens with one attached hydrogen (secondary N) is 1. The summed E-state index contributed by atoms with van der Waals surface area (Å²) in [5, 5.41) is 12.7. The molecule has 1 saturated heterocycles. The van der Waals surface area contributed by atoms with Crippen LogP contribution in [-0.2, 0) is 0 Å². The fourth-order valence-electron chi connectivity index (χ4n) is 1.63. The van der Waals surface area contributed by atoms with E-state index in [2.05, 4.69) is 36.0 Å². The van der Waals surface area contributed by atoms with Crippen molar-refractivity contribution >= 4 is 5.96 Å². The van der Waals surface area contributed by atoms with Gasteiger partial charge in [0.1, 0.15) is 0 Å². The molecule has 0 saturated carbocycles. The molecule has 1 aliphatic rings. The Hall–Kier alpha value is -0.770. The normalized spacial score (nSPS) is 22.6. The van der Waals surface area contributed by atoms with Gasteiger partial charge < -0.3 is 15.3 Å². The van der Waals surface area contributed by atoms with E-state index in [9.17, 15) is 5.11 Å². The molecule has 0 aromatic carbocycles. The van der Waals surface area contributed by atoms with E-state index in [1.54, 1.807) is 0 Å². The summed E-state index contributed by atoms with van der Waals surface area (Å²) >= 11 is 0. The maximum Gasteiger partial charge on any atom is 0.194 e. The maximum atomic E-state index is 9.47. The minimum atomic E-state index is -0.187. The van der Waals surface area contributed by atoms with Crippen LogP contribution < -0.4 is 5.32 Å². The summed E-state index contributed by atoms with van der Waals surface area (Å²) in [5.41, 5.74) is 0. The molecular weight excluding hydrogens is 190 g/mol. The van der Waals surface area contributed by atoms with Crippen molar-refractivity contribution in [1.82, 2.24) is 10.2 Å². The zero-order valence-corrected chi connectivity index (χ0v) is 10.0. The highest BCUT2D eigenvalue weighted by atomic mass is 16.3. The molecule has 0 bridgehead atoms. The fourth-order valence-corrected chi connectivity index (χ4v) is 1.63. The van der Waals surface area contributed by atoms with E-state index in [1.165, 1.54) is 0 Å². The lowest BCUT2D eigenvalue weighted by Gasteiger charge is -2.21. The summed E-state index contributed by atoms with van der Waals surface area (Å²) in [4.78, 5) is 6.69. The lowest BCUT2D eigenvalue weighted by atomic mass is 10.2. The van der Waals surface area contributed by atoms with Gasteiger partial charge in [0.05, 0.1) is 6.10 Å². The van der Waals surface area contributed by atoms with Crippen LogP contribution in [0.15, 0.2) is 4.99 Å². The van der Waals surface area contributed by atoms with Gasteiger partial charge in [-0.15, -0.1) is 0 Å². The maximum absolute atomic E-state index is 9.47. The van der Waals surface area contributed by atoms with Gasteiger partial charge in [0, 0.05) is 26.2 Å². The second-order valence-electron chi connectivity index (χ2n) is 4.48. The molecule has 1 atom stereocenters. The average Bonchev–Trinajstić information content (AvgIpc) is 2.59. The molecule has 1 aliphatic heterocycles. The highest BCUT2D eigenvalue weighted by molar-refractivity contribution is 5.80. The van der Waals surface area contributed by atoms with Gasteiger partial charge in [0.2, 0.25) is 0 Å². The van der Waals surface area contributed by atoms with Crippen LogP contribution in [0.25, 0.3) is 0 Å². The number of aliphatic hydroxyl groups is 1. The van der Waals surface area contributed by atoms with Crippen molar-refractivity contribution in [3.8, 4) is 0 Å². The summed E-state index contributed by atoms with van der Waals surface area (Å²) in [6.45, 7) is 9.72. The minimum absolute atomic E-state index is 0.187. The Balaban J connectivity index is 2.52. The molecule has 0 aromatic rings. The van der Waals surface area contributed by atoms with Crippen LogP contribution in [-0.4, -0.2) is 48.2 Å². The Labute approximate surface area is 92.4 Å². The lowest BCUT2D eigenvalue weighted by Crippen LogP contribution is -2.40. The number of guanidine groups is 1. The third-order valence-electron chi connectivity index (χ3n) is 2.40. The highest BCUT2D eigenvalue weighted by Gasteiger charge is 2.22. The Morgan fingerprint density at radius 2 is 2.33 bits per heavy atom. The zero-order valence-electron chi connectivity index (χ0n) is 10.0. The average molecular weight is 213 g/mol. The SMILES string of the molecule is CCNC(=NCC(C)C)N1CC[C@@H](O)C1. The number of hydrogen-bond acceptors (Lipinski definition) is 2. The molecule has 1 heterocycles. The standard InChI is InChI=1S/C11H23N3O/c1-4-12-11(13-7-9(2)3)14-6-5-10(15)8-14/h9-10,15H,4-8H2,1-3H3,(H,12,13)/t10-/m1/s1. The number of aliphatic hydroxyl groups excluding tert-OH is 1. The lowest BCUT2D eigenvalue weighted by molar-refractivity contribution is 0.187. The van der Waals surface area contributed by atoms with Gasteiger partial charge in [-0.1, -0.05) is 13.8 Å².